The molecule has 0 aliphatic carbocycles. The largest absolute Gasteiger partial charge is 0.350 e. The summed E-state index contributed by atoms with van der Waals surface area (Å²) in [5.41, 5.74) is 7.81. The summed E-state index contributed by atoms with van der Waals surface area (Å²) < 4.78 is 0. The van der Waals surface area contributed by atoms with Gasteiger partial charge >= 0.3 is 6.03 Å². The number of thiazole rings is 1. The van der Waals surface area contributed by atoms with Gasteiger partial charge in [-0.1, -0.05) is 6.07 Å². The van der Waals surface area contributed by atoms with Gasteiger partial charge in [-0.25, -0.2) is 15.2 Å². The fourth-order valence-corrected chi connectivity index (χ4v) is 2.81. The normalized spacial score (nSPS) is 11.5. The lowest BCUT2D eigenvalue weighted by Gasteiger charge is -1.95. The third kappa shape index (κ3) is 2.89. The average molecular weight is 266 g/mol. The minimum absolute atomic E-state index is 0.674. The maximum absolute atomic E-state index is 10.5. The van der Waals surface area contributed by atoms with Crippen LogP contribution in [-0.4, -0.2) is 16.7 Å². The number of carbonyl (C=O) groups excluding carboxylic acids is 1. The van der Waals surface area contributed by atoms with Gasteiger partial charge in [0.15, 0.2) is 0 Å². The Labute approximate surface area is 106 Å². The van der Waals surface area contributed by atoms with Crippen molar-refractivity contribution in [3.63, 3.8) is 0 Å². The van der Waals surface area contributed by atoms with E-state index in [1.54, 1.807) is 24.5 Å². The molecule has 0 atom stereocenters. The highest BCUT2D eigenvalue weighted by Crippen LogP contribution is 2.28. The van der Waals surface area contributed by atoms with E-state index in [9.17, 15) is 4.79 Å². The van der Waals surface area contributed by atoms with E-state index in [1.807, 2.05) is 17.5 Å². The van der Waals surface area contributed by atoms with E-state index in [0.717, 1.165) is 14.8 Å². The smallest absolute Gasteiger partial charge is 0.332 e. The van der Waals surface area contributed by atoms with Crippen LogP contribution in [0.2, 0.25) is 0 Å². The third-order valence-electron chi connectivity index (χ3n) is 1.93. The van der Waals surface area contributed by atoms with E-state index in [0.29, 0.717) is 5.71 Å². The fourth-order valence-electron chi connectivity index (χ4n) is 1.15. The molecule has 2 aromatic rings. The molecule has 0 saturated carbocycles. The van der Waals surface area contributed by atoms with E-state index >= 15 is 0 Å². The summed E-state index contributed by atoms with van der Waals surface area (Å²) in [7, 11) is 0. The van der Waals surface area contributed by atoms with E-state index in [-0.39, 0.29) is 0 Å². The number of hydrogen-bond donors (Lipinski definition) is 2. The van der Waals surface area contributed by atoms with E-state index in [2.05, 4.69) is 15.5 Å². The average Bonchev–Trinajstić information content (AvgIpc) is 2.94. The van der Waals surface area contributed by atoms with Gasteiger partial charge in [-0.15, -0.1) is 22.7 Å². The Morgan fingerprint density at radius 1 is 1.59 bits per heavy atom. The van der Waals surface area contributed by atoms with Gasteiger partial charge in [0.25, 0.3) is 0 Å². The number of primary amides is 1. The molecule has 88 valence electrons. The Kier molecular flexibility index (Phi) is 3.50. The molecule has 2 rings (SSSR count). The van der Waals surface area contributed by atoms with E-state index < -0.39 is 6.03 Å². The number of nitrogens with two attached hydrogens (primary N) is 1. The lowest BCUT2D eigenvalue weighted by molar-refractivity contribution is 0.249. The molecular weight excluding hydrogens is 256 g/mol. The summed E-state index contributed by atoms with van der Waals surface area (Å²) in [4.78, 5) is 16.9. The van der Waals surface area contributed by atoms with Gasteiger partial charge in [0, 0.05) is 6.20 Å². The number of amides is 2. The van der Waals surface area contributed by atoms with Crippen LogP contribution in [0.1, 0.15) is 11.8 Å². The first-order valence-corrected chi connectivity index (χ1v) is 6.46. The minimum atomic E-state index is -0.674. The van der Waals surface area contributed by atoms with E-state index in [4.69, 9.17) is 5.73 Å². The summed E-state index contributed by atoms with van der Waals surface area (Å²) >= 11 is 3.16. The number of aromatic nitrogens is 1. The summed E-state index contributed by atoms with van der Waals surface area (Å²) in [6.07, 6.45) is 1.74. The predicted octanol–water partition coefficient (Wildman–Crippen LogP) is 2.26. The Bertz CT molecular complexity index is 544. The lowest BCUT2D eigenvalue weighted by Crippen LogP contribution is -2.25. The fraction of sp³-hybridized carbons (Fsp3) is 0.100. The van der Waals surface area contributed by atoms with Crippen molar-refractivity contribution in [2.45, 2.75) is 6.92 Å². The number of nitrogens with zero attached hydrogens (tertiary/aromatic N) is 2. The molecule has 0 aromatic carbocycles. The SMILES string of the molecule is CC(=NNC(N)=O)c1cnc(-c2cccs2)s1. The first-order chi connectivity index (χ1) is 8.16. The molecule has 0 fully saturated rings. The van der Waals surface area contributed by atoms with Crippen molar-refractivity contribution in [1.82, 2.24) is 10.4 Å². The Morgan fingerprint density at radius 2 is 2.41 bits per heavy atom. The van der Waals surface area contributed by atoms with Gasteiger partial charge < -0.3 is 5.73 Å². The Morgan fingerprint density at radius 3 is 3.06 bits per heavy atom. The zero-order valence-electron chi connectivity index (χ0n) is 9.01. The van der Waals surface area contributed by atoms with Crippen LogP contribution >= 0.6 is 22.7 Å². The molecule has 0 radical (unpaired) electrons. The summed E-state index contributed by atoms with van der Waals surface area (Å²) in [5, 5.41) is 6.81. The van der Waals surface area contributed by atoms with Gasteiger partial charge in [-0.05, 0) is 18.4 Å². The van der Waals surface area contributed by atoms with Crippen molar-refractivity contribution in [2.24, 2.45) is 10.8 Å². The molecule has 2 aromatic heterocycles. The van der Waals surface area contributed by atoms with Crippen LogP contribution in [0.5, 0.6) is 0 Å². The second-order valence-corrected chi connectivity index (χ2v) is 5.16. The highest BCUT2D eigenvalue weighted by atomic mass is 32.1. The van der Waals surface area contributed by atoms with Crippen molar-refractivity contribution < 1.29 is 4.79 Å². The van der Waals surface area contributed by atoms with Crippen LogP contribution in [0.3, 0.4) is 0 Å². The summed E-state index contributed by atoms with van der Waals surface area (Å²) in [6, 6.07) is 3.32. The molecule has 7 heteroatoms. The molecule has 3 N–H and O–H groups in total. The summed E-state index contributed by atoms with van der Waals surface area (Å²) in [6.45, 7) is 1.79. The third-order valence-corrected chi connectivity index (χ3v) is 4.07. The molecule has 0 aliphatic rings. The summed E-state index contributed by atoms with van der Waals surface area (Å²) in [5.74, 6) is 0. The van der Waals surface area contributed by atoms with Gasteiger partial charge in [0.2, 0.25) is 0 Å². The maximum atomic E-state index is 10.5. The molecule has 0 spiro atoms. The molecular formula is C10H10N4OS2. The van der Waals surface area contributed by atoms with Crippen LogP contribution in [0.15, 0.2) is 28.8 Å². The zero-order valence-corrected chi connectivity index (χ0v) is 10.6. The predicted molar refractivity (Wildman–Crippen MR) is 70.4 cm³/mol. The van der Waals surface area contributed by atoms with Gasteiger partial charge in [0.05, 0.1) is 15.5 Å². The number of hydrogen-bond acceptors (Lipinski definition) is 5. The molecule has 5 nitrogen and oxygen atoms in total. The van der Waals surface area contributed by atoms with Crippen LogP contribution in [0, 0.1) is 0 Å². The van der Waals surface area contributed by atoms with Crippen molar-refractivity contribution in [2.75, 3.05) is 0 Å². The highest BCUT2D eigenvalue weighted by molar-refractivity contribution is 7.22. The number of rotatable bonds is 3. The van der Waals surface area contributed by atoms with Crippen LogP contribution < -0.4 is 11.2 Å². The maximum Gasteiger partial charge on any atom is 0.332 e. The van der Waals surface area contributed by atoms with Crippen LogP contribution in [0.4, 0.5) is 4.79 Å². The molecule has 0 aliphatic heterocycles. The van der Waals surface area contributed by atoms with Crippen molar-refractivity contribution in [3.05, 3.63) is 28.6 Å². The first-order valence-electron chi connectivity index (χ1n) is 4.76. The van der Waals surface area contributed by atoms with Crippen LogP contribution in [0.25, 0.3) is 9.88 Å². The second kappa shape index (κ2) is 5.07. The van der Waals surface area contributed by atoms with Crippen LogP contribution in [-0.2, 0) is 0 Å². The molecule has 2 heterocycles. The van der Waals surface area contributed by atoms with Crippen molar-refractivity contribution in [3.8, 4) is 9.88 Å². The second-order valence-electron chi connectivity index (χ2n) is 3.18. The van der Waals surface area contributed by atoms with Crippen molar-refractivity contribution >= 4 is 34.4 Å². The lowest BCUT2D eigenvalue weighted by atomic mass is 10.4. The Balaban J connectivity index is 2.18. The monoisotopic (exact) mass is 266 g/mol. The van der Waals surface area contributed by atoms with Gasteiger partial charge in [0.1, 0.15) is 5.01 Å². The standard InChI is InChI=1S/C10H10N4OS2/c1-6(13-14-10(11)15)8-5-12-9(17-8)7-3-2-4-16-7/h2-5H,1H3,(H3,11,14,15). The van der Waals surface area contributed by atoms with E-state index in [1.165, 1.54) is 11.3 Å². The number of hydrazone groups is 1. The number of thiophene rings is 1. The molecule has 0 bridgehead atoms. The molecule has 0 unspecified atom stereocenters. The molecule has 0 saturated heterocycles. The molecule has 2 amide bonds. The number of nitrogens with one attached hydrogen (secondary N) is 1. The highest BCUT2D eigenvalue weighted by Gasteiger charge is 2.07. The number of carbonyl (C=O) groups is 1. The topological polar surface area (TPSA) is 80.4 Å². The van der Waals surface area contributed by atoms with Gasteiger partial charge in [-0.2, -0.15) is 5.10 Å². The van der Waals surface area contributed by atoms with Gasteiger partial charge in [-0.3, -0.25) is 0 Å². The quantitative estimate of drug-likeness (QED) is 0.660. The minimum Gasteiger partial charge on any atom is -0.350 e. The molecule has 17 heavy (non-hydrogen) atoms. The zero-order chi connectivity index (χ0) is 12.3. The van der Waals surface area contributed by atoms with Crippen molar-refractivity contribution in [1.29, 1.82) is 0 Å². The number of urea groups is 1. The first kappa shape index (κ1) is 11.7. The Hall–Kier alpha value is -1.73.